The smallest absolute Gasteiger partial charge is 0.246 e. The summed E-state index contributed by atoms with van der Waals surface area (Å²) in [7, 11) is 1.58. The van der Waals surface area contributed by atoms with Gasteiger partial charge in [-0.1, -0.05) is 49.6 Å². The van der Waals surface area contributed by atoms with Crippen LogP contribution in [0.1, 0.15) is 64.7 Å². The fourth-order valence-electron chi connectivity index (χ4n) is 7.62. The van der Waals surface area contributed by atoms with Gasteiger partial charge in [0.05, 0.1) is 25.0 Å². The fourth-order valence-corrected chi connectivity index (χ4v) is 7.62. The minimum Gasteiger partial charge on any atom is -0.497 e. The molecule has 3 fully saturated rings. The monoisotopic (exact) mass is 547 g/mol. The summed E-state index contributed by atoms with van der Waals surface area (Å²) in [6.07, 6.45) is 15.0. The summed E-state index contributed by atoms with van der Waals surface area (Å²) in [5.41, 5.74) is 0.806. The minimum atomic E-state index is -1.14. The molecule has 7 unspecified atom stereocenters. The molecule has 1 spiro atoms. The lowest BCUT2D eigenvalue weighted by Gasteiger charge is -2.36. The number of rotatable bonds is 8. The number of benzene rings is 1. The number of nitrogens with one attached hydrogen (secondary N) is 2. The molecule has 1 aromatic carbocycles. The van der Waals surface area contributed by atoms with Gasteiger partial charge in [0.25, 0.3) is 0 Å². The largest absolute Gasteiger partial charge is 0.497 e. The third kappa shape index (κ3) is 4.74. The van der Waals surface area contributed by atoms with E-state index in [-0.39, 0.29) is 23.8 Å². The highest BCUT2D eigenvalue weighted by molar-refractivity contribution is 6.02. The standard InChI is InChI=1S/C32H41N3O5/c1-20-9-6-7-14-24(20)34-30(37)28-32-17-15-25(40-32)26(29(36)33-22-12-8-13-23(19-22)39-2)27(32)31(38)35(28)18-16-21-10-4-3-5-11-21/h8,10,12-13,15,17,19-20,24-28H,3-7,9,11,14,16,18H2,1-2H3,(H,33,36)(H,34,37). The Morgan fingerprint density at radius 3 is 2.77 bits per heavy atom. The number of anilines is 1. The van der Waals surface area contributed by atoms with Gasteiger partial charge in [-0.2, -0.15) is 0 Å². The molecule has 2 aliphatic carbocycles. The molecule has 40 heavy (non-hydrogen) atoms. The normalized spacial score (nSPS) is 34.4. The zero-order valence-electron chi connectivity index (χ0n) is 23.6. The van der Waals surface area contributed by atoms with Gasteiger partial charge in [0.2, 0.25) is 17.7 Å². The Morgan fingerprint density at radius 1 is 1.15 bits per heavy atom. The Kier molecular flexibility index (Phi) is 7.46. The van der Waals surface area contributed by atoms with Crippen LogP contribution in [0.2, 0.25) is 0 Å². The first-order valence-electron chi connectivity index (χ1n) is 15.0. The third-order valence-corrected chi connectivity index (χ3v) is 9.76. The van der Waals surface area contributed by atoms with E-state index in [1.165, 1.54) is 18.4 Å². The maximum atomic E-state index is 14.2. The van der Waals surface area contributed by atoms with Gasteiger partial charge < -0.3 is 25.0 Å². The van der Waals surface area contributed by atoms with Crippen LogP contribution in [-0.4, -0.2) is 60.1 Å². The molecule has 8 heteroatoms. The van der Waals surface area contributed by atoms with Crippen molar-refractivity contribution in [3.63, 3.8) is 0 Å². The molecule has 7 atom stereocenters. The number of carbonyl (C=O) groups excluding carboxylic acids is 3. The lowest BCUT2D eigenvalue weighted by Crippen LogP contribution is -2.57. The summed E-state index contributed by atoms with van der Waals surface area (Å²) in [5, 5.41) is 6.28. The zero-order valence-corrected chi connectivity index (χ0v) is 23.6. The molecule has 6 rings (SSSR count). The summed E-state index contributed by atoms with van der Waals surface area (Å²) in [6, 6.07) is 6.46. The highest BCUT2D eigenvalue weighted by Gasteiger charge is 2.72. The average Bonchev–Trinajstić information content (AvgIpc) is 3.61. The number of allylic oxidation sites excluding steroid dienone is 1. The van der Waals surface area contributed by atoms with Crippen molar-refractivity contribution in [3.8, 4) is 5.75 Å². The molecule has 3 amide bonds. The molecule has 0 radical (unpaired) electrons. The molecule has 5 aliphatic rings. The maximum Gasteiger partial charge on any atom is 0.246 e. The lowest BCUT2D eigenvalue weighted by atomic mass is 9.74. The first kappa shape index (κ1) is 27.1. The topological polar surface area (TPSA) is 97.0 Å². The van der Waals surface area contributed by atoms with Crippen LogP contribution in [0, 0.1) is 17.8 Å². The number of hydrogen-bond acceptors (Lipinski definition) is 5. The molecule has 8 nitrogen and oxygen atoms in total. The van der Waals surface area contributed by atoms with Crippen molar-refractivity contribution in [1.82, 2.24) is 10.2 Å². The predicted octanol–water partition coefficient (Wildman–Crippen LogP) is 4.37. The van der Waals surface area contributed by atoms with Gasteiger partial charge in [-0.05, 0) is 63.0 Å². The Balaban J connectivity index is 1.28. The molecule has 214 valence electrons. The molecule has 1 saturated carbocycles. The van der Waals surface area contributed by atoms with Crippen molar-refractivity contribution < 1.29 is 23.9 Å². The van der Waals surface area contributed by atoms with Crippen LogP contribution in [0.25, 0.3) is 0 Å². The van der Waals surface area contributed by atoms with Gasteiger partial charge in [0.1, 0.15) is 17.4 Å². The summed E-state index contributed by atoms with van der Waals surface area (Å²) in [4.78, 5) is 43.7. The van der Waals surface area contributed by atoms with E-state index in [0.717, 1.165) is 44.9 Å². The highest BCUT2D eigenvalue weighted by Crippen LogP contribution is 2.55. The van der Waals surface area contributed by atoms with E-state index < -0.39 is 29.6 Å². The molecule has 2 bridgehead atoms. The van der Waals surface area contributed by atoms with E-state index >= 15 is 0 Å². The minimum absolute atomic E-state index is 0.0874. The van der Waals surface area contributed by atoms with Crippen LogP contribution in [0.5, 0.6) is 5.75 Å². The highest BCUT2D eigenvalue weighted by atomic mass is 16.5. The number of hydrogen-bond donors (Lipinski definition) is 2. The summed E-state index contributed by atoms with van der Waals surface area (Å²) in [5.74, 6) is -1.04. The zero-order chi connectivity index (χ0) is 27.9. The quantitative estimate of drug-likeness (QED) is 0.471. The Labute approximate surface area is 236 Å². The van der Waals surface area contributed by atoms with Crippen LogP contribution in [-0.2, 0) is 19.1 Å². The van der Waals surface area contributed by atoms with Crippen LogP contribution < -0.4 is 15.4 Å². The Bertz CT molecular complexity index is 1230. The molecule has 3 heterocycles. The molecular formula is C32H41N3O5. The second-order valence-electron chi connectivity index (χ2n) is 12.2. The van der Waals surface area contributed by atoms with Crippen molar-refractivity contribution in [3.05, 3.63) is 48.1 Å². The van der Waals surface area contributed by atoms with Crippen molar-refractivity contribution in [2.45, 2.75) is 88.5 Å². The van der Waals surface area contributed by atoms with E-state index in [0.29, 0.717) is 23.9 Å². The van der Waals surface area contributed by atoms with Crippen LogP contribution >= 0.6 is 0 Å². The first-order chi connectivity index (χ1) is 19.4. The van der Waals surface area contributed by atoms with E-state index in [9.17, 15) is 14.4 Å². The summed E-state index contributed by atoms with van der Waals surface area (Å²) < 4.78 is 11.8. The number of carbonyl (C=O) groups is 3. The maximum absolute atomic E-state index is 14.2. The summed E-state index contributed by atoms with van der Waals surface area (Å²) >= 11 is 0. The van der Waals surface area contributed by atoms with Gasteiger partial charge in [0, 0.05) is 24.3 Å². The molecular weight excluding hydrogens is 506 g/mol. The number of nitrogens with zero attached hydrogens (tertiary/aromatic N) is 1. The average molecular weight is 548 g/mol. The van der Waals surface area contributed by atoms with Crippen LogP contribution in [0.15, 0.2) is 48.1 Å². The second-order valence-corrected chi connectivity index (χ2v) is 12.2. The van der Waals surface area contributed by atoms with Gasteiger partial charge in [-0.3, -0.25) is 14.4 Å². The predicted molar refractivity (Wildman–Crippen MR) is 152 cm³/mol. The number of methoxy groups -OCH3 is 1. The Morgan fingerprint density at radius 2 is 2.00 bits per heavy atom. The van der Waals surface area contributed by atoms with Crippen LogP contribution in [0.3, 0.4) is 0 Å². The number of ether oxygens (including phenoxy) is 2. The molecule has 3 aliphatic heterocycles. The van der Waals surface area contributed by atoms with Crippen molar-refractivity contribution in [2.24, 2.45) is 17.8 Å². The molecule has 0 aromatic heterocycles. The van der Waals surface area contributed by atoms with Crippen molar-refractivity contribution in [2.75, 3.05) is 19.0 Å². The molecule has 2 N–H and O–H groups in total. The fraction of sp³-hybridized carbons (Fsp3) is 0.594. The first-order valence-corrected chi connectivity index (χ1v) is 15.0. The SMILES string of the molecule is COc1cccc(NC(=O)C2C3C=CC4(O3)C2C(=O)N(CCC2=CCCCC2)C4C(=O)NC2CCCCC2C)c1. The van der Waals surface area contributed by atoms with Gasteiger partial charge in [0.15, 0.2) is 0 Å². The van der Waals surface area contributed by atoms with Crippen LogP contribution in [0.4, 0.5) is 5.69 Å². The van der Waals surface area contributed by atoms with E-state index in [4.69, 9.17) is 9.47 Å². The van der Waals surface area contributed by atoms with Gasteiger partial charge >= 0.3 is 0 Å². The van der Waals surface area contributed by atoms with E-state index in [2.05, 4.69) is 23.6 Å². The Hall–Kier alpha value is -3.13. The van der Waals surface area contributed by atoms with Gasteiger partial charge in [-0.25, -0.2) is 0 Å². The number of likely N-dealkylation sites (tertiary alicyclic amines) is 1. The van der Waals surface area contributed by atoms with E-state index in [1.807, 2.05) is 24.3 Å². The second kappa shape index (κ2) is 11.0. The van der Waals surface area contributed by atoms with Gasteiger partial charge in [-0.15, -0.1) is 0 Å². The number of amides is 3. The third-order valence-electron chi connectivity index (χ3n) is 9.76. The van der Waals surface area contributed by atoms with E-state index in [1.54, 1.807) is 24.1 Å². The lowest BCUT2D eigenvalue weighted by molar-refractivity contribution is -0.141. The van der Waals surface area contributed by atoms with Crippen molar-refractivity contribution in [1.29, 1.82) is 0 Å². The molecule has 2 saturated heterocycles. The molecule has 1 aromatic rings. The summed E-state index contributed by atoms with van der Waals surface area (Å²) in [6.45, 7) is 2.64. The van der Waals surface area contributed by atoms with Crippen molar-refractivity contribution >= 4 is 23.4 Å². The number of fused-ring (bicyclic) bond motifs is 1.